The second kappa shape index (κ2) is 2.78. The summed E-state index contributed by atoms with van der Waals surface area (Å²) in [6.45, 7) is 2.40. The number of hydrogen-bond donors (Lipinski definition) is 1. The molecule has 2 aliphatic carbocycles. The fourth-order valence-corrected chi connectivity index (χ4v) is 2.81. The zero-order chi connectivity index (χ0) is 7.84. The lowest BCUT2D eigenvalue weighted by atomic mass is 9.97. The van der Waals surface area contributed by atoms with Crippen molar-refractivity contribution in [3.8, 4) is 0 Å². The Bertz CT molecular complexity index is 144. The van der Waals surface area contributed by atoms with Crippen LogP contribution in [-0.2, 0) is 0 Å². The first-order chi connectivity index (χ1) is 5.33. The summed E-state index contributed by atoms with van der Waals surface area (Å²) in [4.78, 5) is 0. The van der Waals surface area contributed by atoms with Crippen molar-refractivity contribution >= 4 is 0 Å². The van der Waals surface area contributed by atoms with Crippen molar-refractivity contribution in [2.75, 3.05) is 7.05 Å². The van der Waals surface area contributed by atoms with Gasteiger partial charge in [0, 0.05) is 6.04 Å². The molecule has 0 aliphatic heterocycles. The summed E-state index contributed by atoms with van der Waals surface area (Å²) in [7, 11) is 2.12. The lowest BCUT2D eigenvalue weighted by molar-refractivity contribution is 0.368. The fraction of sp³-hybridized carbons (Fsp3) is 1.00. The van der Waals surface area contributed by atoms with E-state index in [-0.39, 0.29) is 0 Å². The minimum atomic E-state index is 0.852. The highest BCUT2D eigenvalue weighted by atomic mass is 14.9. The highest BCUT2D eigenvalue weighted by Gasteiger charge is 2.43. The van der Waals surface area contributed by atoms with Crippen LogP contribution in [-0.4, -0.2) is 13.1 Å². The molecule has 2 fully saturated rings. The van der Waals surface area contributed by atoms with Crippen LogP contribution in [0.15, 0.2) is 0 Å². The van der Waals surface area contributed by atoms with Crippen molar-refractivity contribution in [3.05, 3.63) is 0 Å². The number of hydrogen-bond acceptors (Lipinski definition) is 1. The molecule has 0 radical (unpaired) electrons. The molecule has 0 spiro atoms. The van der Waals surface area contributed by atoms with Gasteiger partial charge in [0.05, 0.1) is 0 Å². The predicted octanol–water partition coefficient (Wildman–Crippen LogP) is 2.03. The topological polar surface area (TPSA) is 12.0 Å². The molecule has 2 rings (SSSR count). The van der Waals surface area contributed by atoms with Crippen LogP contribution in [0.25, 0.3) is 0 Å². The maximum atomic E-state index is 3.46. The van der Waals surface area contributed by atoms with E-state index in [2.05, 4.69) is 19.3 Å². The van der Waals surface area contributed by atoms with Crippen LogP contribution in [0.2, 0.25) is 0 Å². The Kier molecular flexibility index (Phi) is 1.92. The second-order valence-corrected chi connectivity index (χ2v) is 4.37. The van der Waals surface area contributed by atoms with Gasteiger partial charge in [-0.3, -0.25) is 0 Å². The molecule has 64 valence electrons. The Labute approximate surface area is 69.6 Å². The highest BCUT2D eigenvalue weighted by molar-refractivity contribution is 4.96. The summed E-state index contributed by atoms with van der Waals surface area (Å²) in [5, 5.41) is 3.46. The van der Waals surface area contributed by atoms with Crippen LogP contribution in [0, 0.1) is 17.8 Å². The Morgan fingerprint density at radius 1 is 1.18 bits per heavy atom. The maximum absolute atomic E-state index is 3.46. The Morgan fingerprint density at radius 2 is 1.91 bits per heavy atom. The zero-order valence-corrected chi connectivity index (χ0v) is 7.64. The van der Waals surface area contributed by atoms with E-state index >= 15 is 0 Å². The standard InChI is InChI=1S/C10H19N/c1-7-6-9(7)8-4-3-5-10(8)11-2/h7-11H,3-6H2,1-2H3. The normalized spacial score (nSPS) is 49.6. The monoisotopic (exact) mass is 153 g/mol. The van der Waals surface area contributed by atoms with Gasteiger partial charge in [0.2, 0.25) is 0 Å². The van der Waals surface area contributed by atoms with E-state index in [4.69, 9.17) is 0 Å². The van der Waals surface area contributed by atoms with Gasteiger partial charge in [-0.2, -0.15) is 0 Å². The van der Waals surface area contributed by atoms with E-state index in [9.17, 15) is 0 Å². The molecule has 1 nitrogen and oxygen atoms in total. The first-order valence-electron chi connectivity index (χ1n) is 5.00. The van der Waals surface area contributed by atoms with Gasteiger partial charge < -0.3 is 5.32 Å². The maximum Gasteiger partial charge on any atom is 0.00950 e. The molecule has 2 aliphatic rings. The molecule has 0 bridgehead atoms. The second-order valence-electron chi connectivity index (χ2n) is 4.37. The smallest absolute Gasteiger partial charge is 0.00950 e. The minimum absolute atomic E-state index is 0.852. The molecule has 0 saturated heterocycles. The fourth-order valence-electron chi connectivity index (χ4n) is 2.81. The molecule has 0 amide bonds. The average molecular weight is 153 g/mol. The van der Waals surface area contributed by atoms with Crippen LogP contribution in [0.1, 0.15) is 32.6 Å². The molecule has 4 atom stereocenters. The SMILES string of the molecule is CNC1CCCC1C1CC1C. The first kappa shape index (κ1) is 7.60. The van der Waals surface area contributed by atoms with Crippen LogP contribution >= 0.6 is 0 Å². The van der Waals surface area contributed by atoms with Gasteiger partial charge in [0.25, 0.3) is 0 Å². The summed E-state index contributed by atoms with van der Waals surface area (Å²) >= 11 is 0. The van der Waals surface area contributed by atoms with Crippen molar-refractivity contribution in [2.45, 2.75) is 38.6 Å². The van der Waals surface area contributed by atoms with Crippen LogP contribution < -0.4 is 5.32 Å². The van der Waals surface area contributed by atoms with E-state index in [1.165, 1.54) is 25.7 Å². The molecular weight excluding hydrogens is 134 g/mol. The van der Waals surface area contributed by atoms with Gasteiger partial charge in [-0.25, -0.2) is 0 Å². The van der Waals surface area contributed by atoms with Gasteiger partial charge in [-0.1, -0.05) is 13.3 Å². The molecule has 1 heteroatoms. The Hall–Kier alpha value is -0.0400. The Balaban J connectivity index is 1.91. The highest BCUT2D eigenvalue weighted by Crippen LogP contribution is 2.49. The quantitative estimate of drug-likeness (QED) is 0.640. The van der Waals surface area contributed by atoms with Gasteiger partial charge >= 0.3 is 0 Å². The molecule has 0 aromatic carbocycles. The molecule has 4 unspecified atom stereocenters. The molecule has 0 aromatic rings. The molecule has 0 aromatic heterocycles. The van der Waals surface area contributed by atoms with E-state index in [0.717, 1.165) is 23.8 Å². The summed E-state index contributed by atoms with van der Waals surface area (Å²) in [5.74, 6) is 3.14. The van der Waals surface area contributed by atoms with Crippen LogP contribution in [0.5, 0.6) is 0 Å². The number of nitrogens with one attached hydrogen (secondary N) is 1. The third kappa shape index (κ3) is 1.31. The molecule has 1 N–H and O–H groups in total. The van der Waals surface area contributed by atoms with Crippen molar-refractivity contribution in [1.82, 2.24) is 5.32 Å². The van der Waals surface area contributed by atoms with E-state index in [1.54, 1.807) is 0 Å². The van der Waals surface area contributed by atoms with E-state index in [0.29, 0.717) is 0 Å². The largest absolute Gasteiger partial charge is 0.317 e. The Morgan fingerprint density at radius 3 is 2.45 bits per heavy atom. The molecular formula is C10H19N. The van der Waals surface area contributed by atoms with Gasteiger partial charge in [-0.05, 0) is 44.1 Å². The van der Waals surface area contributed by atoms with E-state index in [1.807, 2.05) is 0 Å². The third-order valence-corrected chi connectivity index (χ3v) is 3.66. The van der Waals surface area contributed by atoms with Crippen LogP contribution in [0.4, 0.5) is 0 Å². The van der Waals surface area contributed by atoms with Crippen molar-refractivity contribution in [1.29, 1.82) is 0 Å². The first-order valence-corrected chi connectivity index (χ1v) is 5.00. The third-order valence-electron chi connectivity index (χ3n) is 3.66. The number of rotatable bonds is 2. The summed E-state index contributed by atoms with van der Waals surface area (Å²) in [5.41, 5.74) is 0. The molecule has 2 saturated carbocycles. The molecule has 11 heavy (non-hydrogen) atoms. The van der Waals surface area contributed by atoms with Crippen molar-refractivity contribution in [2.24, 2.45) is 17.8 Å². The zero-order valence-electron chi connectivity index (χ0n) is 7.64. The average Bonchev–Trinajstić information content (AvgIpc) is 2.58. The van der Waals surface area contributed by atoms with Crippen LogP contribution in [0.3, 0.4) is 0 Å². The molecule has 0 heterocycles. The summed E-state index contributed by atoms with van der Waals surface area (Å²) < 4.78 is 0. The summed E-state index contributed by atoms with van der Waals surface area (Å²) in [6, 6.07) is 0.852. The minimum Gasteiger partial charge on any atom is -0.317 e. The lowest BCUT2D eigenvalue weighted by Crippen LogP contribution is -2.30. The van der Waals surface area contributed by atoms with Gasteiger partial charge in [-0.15, -0.1) is 0 Å². The lowest BCUT2D eigenvalue weighted by Gasteiger charge is -2.18. The van der Waals surface area contributed by atoms with Crippen molar-refractivity contribution < 1.29 is 0 Å². The van der Waals surface area contributed by atoms with Gasteiger partial charge in [0.1, 0.15) is 0 Å². The van der Waals surface area contributed by atoms with Crippen molar-refractivity contribution in [3.63, 3.8) is 0 Å². The van der Waals surface area contributed by atoms with E-state index < -0.39 is 0 Å². The summed E-state index contributed by atoms with van der Waals surface area (Å²) in [6.07, 6.45) is 5.87. The predicted molar refractivity (Wildman–Crippen MR) is 47.5 cm³/mol. The van der Waals surface area contributed by atoms with Gasteiger partial charge in [0.15, 0.2) is 0 Å².